The van der Waals surface area contributed by atoms with Crippen LogP contribution >= 0.6 is 0 Å². The largest absolute Gasteiger partial charge is 0.462 e. The molecule has 0 spiro atoms. The normalized spacial score (nSPS) is 13.4. The van der Waals surface area contributed by atoms with Crippen LogP contribution in [0.4, 0.5) is 17.1 Å². The molecular weight excluding hydrogens is 663 g/mol. The number of aliphatic imine (C=N–C) groups is 1. The van der Waals surface area contributed by atoms with Crippen molar-refractivity contribution >= 4 is 45.6 Å². The predicted octanol–water partition coefficient (Wildman–Crippen LogP) is 8.78. The average Bonchev–Trinajstić information content (AvgIpc) is 3.18. The molecule has 9 nitrogen and oxygen atoms in total. The number of ether oxygens (including phenoxy) is 1. The van der Waals surface area contributed by atoms with Crippen molar-refractivity contribution in [3.8, 4) is 0 Å². The zero-order valence-electron chi connectivity index (χ0n) is 31.2. The van der Waals surface area contributed by atoms with E-state index >= 15 is 0 Å². The first-order chi connectivity index (χ1) is 25.8. The number of carbonyl (C=O) groups is 2. The summed E-state index contributed by atoms with van der Waals surface area (Å²) in [4.78, 5) is 54.4. The van der Waals surface area contributed by atoms with Crippen molar-refractivity contribution in [2.24, 2.45) is 4.99 Å². The highest BCUT2D eigenvalue weighted by atomic mass is 16.5. The zero-order chi connectivity index (χ0) is 37.3. The average molecular weight is 712 g/mol. The van der Waals surface area contributed by atoms with Crippen molar-refractivity contribution in [3.05, 3.63) is 129 Å². The van der Waals surface area contributed by atoms with Crippen LogP contribution in [-0.4, -0.2) is 46.8 Å². The summed E-state index contributed by atoms with van der Waals surface area (Å²) in [5.74, 6) is -0.833. The van der Waals surface area contributed by atoms with E-state index in [1.165, 1.54) is 11.3 Å². The number of esters is 1. The molecule has 1 unspecified atom stereocenters. The minimum absolute atomic E-state index is 0.00116. The molecule has 1 aliphatic rings. The summed E-state index contributed by atoms with van der Waals surface area (Å²) < 4.78 is 6.88. The maximum absolute atomic E-state index is 14.7. The molecule has 6 rings (SSSR count). The quantitative estimate of drug-likeness (QED) is 0.0702. The number of rotatable bonds is 14. The molecule has 1 amide bonds. The van der Waals surface area contributed by atoms with E-state index in [0.29, 0.717) is 34.4 Å². The molecule has 2 heterocycles. The van der Waals surface area contributed by atoms with E-state index in [1.54, 1.807) is 41.8 Å². The van der Waals surface area contributed by atoms with Crippen LogP contribution in [0.1, 0.15) is 91.7 Å². The van der Waals surface area contributed by atoms with Gasteiger partial charge in [-0.2, -0.15) is 0 Å². The van der Waals surface area contributed by atoms with Gasteiger partial charge in [-0.05, 0) is 99.2 Å². The third kappa shape index (κ3) is 8.57. The van der Waals surface area contributed by atoms with Crippen LogP contribution in [-0.2, 0) is 22.5 Å². The second kappa shape index (κ2) is 17.3. The topological polar surface area (TPSA) is 106 Å². The fourth-order valence-electron chi connectivity index (χ4n) is 7.14. The summed E-state index contributed by atoms with van der Waals surface area (Å²) in [6, 6.07) is 28.6. The van der Waals surface area contributed by atoms with Crippen LogP contribution in [0.3, 0.4) is 0 Å². The third-order valence-corrected chi connectivity index (χ3v) is 10.0. The van der Waals surface area contributed by atoms with Gasteiger partial charge in [0.1, 0.15) is 0 Å². The maximum Gasteiger partial charge on any atom is 0.338 e. The summed E-state index contributed by atoms with van der Waals surface area (Å²) in [7, 11) is 0. The molecule has 1 aliphatic heterocycles. The van der Waals surface area contributed by atoms with Crippen molar-refractivity contribution < 1.29 is 14.3 Å². The SMILES string of the molecule is CCCCCC(Cn1c(C(=Nc2ccc3c(c2)CCCN3CC)C(=O)Nc2cc(C(=O)OCC)ccc2C)nc2ccccc2c1=O)c1ccccc1. The molecule has 0 saturated carbocycles. The van der Waals surface area contributed by atoms with Crippen molar-refractivity contribution in [1.29, 1.82) is 0 Å². The van der Waals surface area contributed by atoms with Crippen molar-refractivity contribution in [1.82, 2.24) is 9.55 Å². The number of carbonyl (C=O) groups excluding carboxylic acids is 2. The third-order valence-electron chi connectivity index (χ3n) is 10.0. The Morgan fingerprint density at radius 3 is 2.51 bits per heavy atom. The van der Waals surface area contributed by atoms with Gasteiger partial charge in [-0.15, -0.1) is 0 Å². The summed E-state index contributed by atoms with van der Waals surface area (Å²) in [5, 5.41) is 3.50. The summed E-state index contributed by atoms with van der Waals surface area (Å²) in [5.41, 5.74) is 5.84. The fraction of sp³-hybridized carbons (Fsp3) is 0.341. The molecule has 53 heavy (non-hydrogen) atoms. The number of para-hydroxylation sites is 1. The maximum atomic E-state index is 14.7. The van der Waals surface area contributed by atoms with Crippen LogP contribution in [0.25, 0.3) is 10.9 Å². The highest BCUT2D eigenvalue weighted by molar-refractivity contribution is 6.48. The predicted molar refractivity (Wildman–Crippen MR) is 214 cm³/mol. The van der Waals surface area contributed by atoms with Crippen LogP contribution in [0.2, 0.25) is 0 Å². The molecule has 9 heteroatoms. The van der Waals surface area contributed by atoms with Crippen molar-refractivity contribution in [2.75, 3.05) is 29.9 Å². The van der Waals surface area contributed by atoms with Gasteiger partial charge in [0.2, 0.25) is 0 Å². The zero-order valence-corrected chi connectivity index (χ0v) is 31.2. The number of nitrogens with one attached hydrogen (secondary N) is 1. The van der Waals surface area contributed by atoms with Crippen molar-refractivity contribution in [2.45, 2.75) is 78.7 Å². The van der Waals surface area contributed by atoms with Crippen molar-refractivity contribution in [3.63, 3.8) is 0 Å². The standard InChI is InChI=1S/C44H49N5O4/c1-5-8-10-18-34(31-16-11-9-12-17-31)29-49-41(46-37-21-14-13-20-36(37)43(49)51)40(45-35-24-25-39-32(27-35)19-15-26-48(39)6-2)42(50)47-38-28-33(23-22-30(38)4)44(52)53-7-3/h9,11-14,16-17,20-25,27-28,34H,5-8,10,15,18-19,26,29H2,1-4H3,(H,47,50). The number of fused-ring (bicyclic) bond motifs is 2. The van der Waals surface area contributed by atoms with Gasteiger partial charge < -0.3 is 15.0 Å². The minimum Gasteiger partial charge on any atom is -0.462 e. The Morgan fingerprint density at radius 1 is 0.943 bits per heavy atom. The fourth-order valence-corrected chi connectivity index (χ4v) is 7.14. The van der Waals surface area contributed by atoms with Crippen LogP contribution in [0, 0.1) is 6.92 Å². The lowest BCUT2D eigenvalue weighted by Gasteiger charge is -2.30. The smallest absolute Gasteiger partial charge is 0.338 e. The molecule has 274 valence electrons. The van der Waals surface area contributed by atoms with Gasteiger partial charge in [0, 0.05) is 36.9 Å². The molecule has 0 radical (unpaired) electrons. The van der Waals surface area contributed by atoms with E-state index in [-0.39, 0.29) is 29.6 Å². The van der Waals surface area contributed by atoms with E-state index in [0.717, 1.165) is 62.7 Å². The van der Waals surface area contributed by atoms with E-state index in [4.69, 9.17) is 14.7 Å². The Bertz CT molecular complexity index is 2170. The molecule has 0 bridgehead atoms. The lowest BCUT2D eigenvalue weighted by atomic mass is 9.93. The van der Waals surface area contributed by atoms with Gasteiger partial charge in [-0.3, -0.25) is 14.2 Å². The van der Waals surface area contributed by atoms with Gasteiger partial charge >= 0.3 is 5.97 Å². The second-order valence-electron chi connectivity index (χ2n) is 13.6. The molecular formula is C44H49N5O4. The highest BCUT2D eigenvalue weighted by Crippen LogP contribution is 2.32. The molecule has 4 aromatic carbocycles. The number of hydrogen-bond acceptors (Lipinski definition) is 7. The first kappa shape index (κ1) is 37.2. The first-order valence-corrected chi connectivity index (χ1v) is 18.9. The van der Waals surface area contributed by atoms with Gasteiger partial charge in [0.25, 0.3) is 11.5 Å². The lowest BCUT2D eigenvalue weighted by Crippen LogP contribution is -2.35. The summed E-state index contributed by atoms with van der Waals surface area (Å²) in [6.45, 7) is 10.4. The first-order valence-electron chi connectivity index (χ1n) is 18.9. The Labute approximate surface area is 311 Å². The Morgan fingerprint density at radius 2 is 1.74 bits per heavy atom. The lowest BCUT2D eigenvalue weighted by molar-refractivity contribution is -0.110. The number of hydrogen-bond donors (Lipinski definition) is 1. The number of amides is 1. The van der Waals surface area contributed by atoms with Crippen LogP contribution in [0.5, 0.6) is 0 Å². The molecule has 0 aliphatic carbocycles. The number of benzene rings is 4. The van der Waals surface area contributed by atoms with E-state index in [9.17, 15) is 14.4 Å². The van der Waals surface area contributed by atoms with Crippen LogP contribution < -0.4 is 15.8 Å². The highest BCUT2D eigenvalue weighted by Gasteiger charge is 2.26. The molecule has 1 atom stereocenters. The molecule has 0 fully saturated rings. The number of aryl methyl sites for hydroxylation is 2. The number of nitrogens with zero attached hydrogens (tertiary/aromatic N) is 4. The van der Waals surface area contributed by atoms with Gasteiger partial charge in [-0.1, -0.05) is 74.7 Å². The monoisotopic (exact) mass is 711 g/mol. The van der Waals surface area contributed by atoms with Crippen LogP contribution in [0.15, 0.2) is 101 Å². The molecule has 1 aromatic heterocycles. The molecule has 0 saturated heterocycles. The van der Waals surface area contributed by atoms with Gasteiger partial charge in [0.05, 0.1) is 28.8 Å². The Balaban J connectivity index is 1.53. The number of unbranched alkanes of at least 4 members (excludes halogenated alkanes) is 2. The Hall–Kier alpha value is -5.57. The number of aromatic nitrogens is 2. The van der Waals surface area contributed by atoms with E-state index in [1.807, 2.05) is 49.4 Å². The Kier molecular flexibility index (Phi) is 12.1. The molecule has 1 N–H and O–H groups in total. The summed E-state index contributed by atoms with van der Waals surface area (Å²) >= 11 is 0. The van der Waals surface area contributed by atoms with E-state index in [2.05, 4.69) is 42.3 Å². The van der Waals surface area contributed by atoms with E-state index < -0.39 is 11.9 Å². The minimum atomic E-state index is -0.541. The second-order valence-corrected chi connectivity index (χ2v) is 13.6. The summed E-state index contributed by atoms with van der Waals surface area (Å²) in [6.07, 6.45) is 5.97. The molecule has 5 aromatic rings. The van der Waals surface area contributed by atoms with Gasteiger partial charge in [0.15, 0.2) is 11.5 Å². The number of anilines is 2. The van der Waals surface area contributed by atoms with Gasteiger partial charge in [-0.25, -0.2) is 14.8 Å².